The average molecular weight is 447 g/mol. The second-order valence-corrected chi connectivity index (χ2v) is 8.83. The van der Waals surface area contributed by atoms with Crippen molar-refractivity contribution in [1.29, 1.82) is 0 Å². The molecule has 1 heterocycles. The Morgan fingerprint density at radius 2 is 1.48 bits per heavy atom. The Kier molecular flexibility index (Phi) is 7.68. The first-order chi connectivity index (χ1) is 16.1. The summed E-state index contributed by atoms with van der Waals surface area (Å²) in [4.78, 5) is 23.3. The van der Waals surface area contributed by atoms with E-state index in [1.54, 1.807) is 10.7 Å². The first kappa shape index (κ1) is 22.9. The van der Waals surface area contributed by atoms with Crippen LogP contribution >= 0.6 is 0 Å². The highest BCUT2D eigenvalue weighted by atomic mass is 16.5. The zero-order chi connectivity index (χ0) is 23.0. The lowest BCUT2D eigenvalue weighted by atomic mass is 9.82. The van der Waals surface area contributed by atoms with Gasteiger partial charge in [-0.15, -0.1) is 0 Å². The molecule has 0 aliphatic heterocycles. The molecule has 1 N–H and O–H groups in total. The average Bonchev–Trinajstić information content (AvgIpc) is 2.83. The minimum Gasteiger partial charge on any atom is -0.480 e. The number of nitrogens with zero attached hydrogens (tertiary/aromatic N) is 2. The molecule has 3 aromatic rings. The summed E-state index contributed by atoms with van der Waals surface area (Å²) in [5.74, 6) is -0.204. The zero-order valence-corrected chi connectivity index (χ0v) is 18.7. The molecule has 172 valence electrons. The molecule has 6 nitrogen and oxygen atoms in total. The van der Waals surface area contributed by atoms with Gasteiger partial charge in [0.2, 0.25) is 0 Å². The maximum Gasteiger partial charge on any atom is 0.329 e. The Labute approximate surface area is 193 Å². The number of benzene rings is 2. The molecule has 1 aromatic heterocycles. The summed E-state index contributed by atoms with van der Waals surface area (Å²) in [5.41, 5.74) is 3.07. The van der Waals surface area contributed by atoms with Gasteiger partial charge in [-0.2, -0.15) is 5.10 Å². The lowest BCUT2D eigenvalue weighted by Gasteiger charge is -2.28. The Morgan fingerprint density at radius 1 is 0.909 bits per heavy atom. The zero-order valence-electron chi connectivity index (χ0n) is 18.7. The third-order valence-corrected chi connectivity index (χ3v) is 6.43. The lowest BCUT2D eigenvalue weighted by Crippen LogP contribution is -2.30. The van der Waals surface area contributed by atoms with Gasteiger partial charge in [0.25, 0.3) is 5.56 Å². The summed E-state index contributed by atoms with van der Waals surface area (Å²) in [6.45, 7) is 0.851. The van der Waals surface area contributed by atoms with E-state index in [1.807, 2.05) is 42.5 Å². The quantitative estimate of drug-likeness (QED) is 0.529. The number of rotatable bonds is 9. The number of hydrogen-bond acceptors (Lipinski definition) is 4. The molecule has 0 amide bonds. The van der Waals surface area contributed by atoms with E-state index in [9.17, 15) is 9.59 Å². The first-order valence-corrected chi connectivity index (χ1v) is 11.6. The Balaban J connectivity index is 1.48. The van der Waals surface area contributed by atoms with Gasteiger partial charge in [-0.05, 0) is 54.7 Å². The van der Waals surface area contributed by atoms with Crippen molar-refractivity contribution in [3.8, 4) is 0 Å². The normalized spacial score (nSPS) is 18.3. The molecule has 1 aliphatic carbocycles. The van der Waals surface area contributed by atoms with Crippen LogP contribution in [0.3, 0.4) is 0 Å². The second-order valence-electron chi connectivity index (χ2n) is 8.83. The molecule has 6 heteroatoms. The van der Waals surface area contributed by atoms with Crippen LogP contribution in [0, 0.1) is 11.8 Å². The highest BCUT2D eigenvalue weighted by Crippen LogP contribution is 2.31. The van der Waals surface area contributed by atoms with Gasteiger partial charge in [0, 0.05) is 12.6 Å². The summed E-state index contributed by atoms with van der Waals surface area (Å²) in [5, 5.41) is 13.5. The molecule has 0 atom stereocenters. The van der Waals surface area contributed by atoms with E-state index in [1.165, 1.54) is 0 Å². The smallest absolute Gasteiger partial charge is 0.329 e. The number of carbonyl (C=O) groups is 1. The number of carboxylic acid groups (broad SMARTS) is 1. The third kappa shape index (κ3) is 6.17. The summed E-state index contributed by atoms with van der Waals surface area (Å²) >= 11 is 0. The van der Waals surface area contributed by atoms with Crippen molar-refractivity contribution in [2.75, 3.05) is 13.2 Å². The van der Waals surface area contributed by atoms with Gasteiger partial charge in [0.05, 0.1) is 18.2 Å². The van der Waals surface area contributed by atoms with Crippen molar-refractivity contribution >= 4 is 5.97 Å². The van der Waals surface area contributed by atoms with Crippen LogP contribution in [0.1, 0.15) is 48.4 Å². The maximum absolute atomic E-state index is 12.6. The number of ether oxygens (including phenoxy) is 1. The van der Waals surface area contributed by atoms with Crippen molar-refractivity contribution in [3.05, 3.63) is 100.0 Å². The van der Waals surface area contributed by atoms with Gasteiger partial charge in [-0.1, -0.05) is 60.7 Å². The molecule has 1 saturated carbocycles. The van der Waals surface area contributed by atoms with Crippen molar-refractivity contribution in [2.45, 2.75) is 38.1 Å². The maximum atomic E-state index is 12.6. The van der Waals surface area contributed by atoms with Gasteiger partial charge in [0.1, 0.15) is 6.61 Å². The van der Waals surface area contributed by atoms with Crippen molar-refractivity contribution in [2.24, 2.45) is 11.8 Å². The van der Waals surface area contributed by atoms with Crippen molar-refractivity contribution in [1.82, 2.24) is 9.78 Å². The molecule has 0 spiro atoms. The fourth-order valence-electron chi connectivity index (χ4n) is 4.71. The highest BCUT2D eigenvalue weighted by molar-refractivity contribution is 5.67. The van der Waals surface area contributed by atoms with Gasteiger partial charge in [-0.25, -0.2) is 9.48 Å². The minimum absolute atomic E-state index is 0.0404. The third-order valence-electron chi connectivity index (χ3n) is 6.43. The van der Waals surface area contributed by atoms with Crippen LogP contribution in [0.2, 0.25) is 0 Å². The Morgan fingerprint density at radius 3 is 2.06 bits per heavy atom. The van der Waals surface area contributed by atoms with Crippen LogP contribution in [0.4, 0.5) is 0 Å². The van der Waals surface area contributed by atoms with Crippen molar-refractivity contribution < 1.29 is 14.6 Å². The summed E-state index contributed by atoms with van der Waals surface area (Å²) < 4.78 is 6.89. The molecule has 4 rings (SSSR count). The monoisotopic (exact) mass is 446 g/mol. The van der Waals surface area contributed by atoms with Crippen LogP contribution in [0.15, 0.2) is 77.6 Å². The van der Waals surface area contributed by atoms with Gasteiger partial charge in [0.15, 0.2) is 0 Å². The molecule has 0 unspecified atom stereocenters. The largest absolute Gasteiger partial charge is 0.480 e. The van der Waals surface area contributed by atoms with E-state index in [0.717, 1.165) is 42.5 Å². The Hall–Kier alpha value is -3.25. The summed E-state index contributed by atoms with van der Waals surface area (Å²) in [6, 6.07) is 24.0. The number of carboxylic acids is 1. The topological polar surface area (TPSA) is 81.4 Å². The van der Waals surface area contributed by atoms with Crippen LogP contribution in [0.25, 0.3) is 0 Å². The molecular weight excluding hydrogens is 416 g/mol. The van der Waals surface area contributed by atoms with Crippen LogP contribution in [-0.4, -0.2) is 34.1 Å². The van der Waals surface area contributed by atoms with E-state index < -0.39 is 5.97 Å². The predicted octanol–water partition coefficient (Wildman–Crippen LogP) is 4.33. The molecule has 33 heavy (non-hydrogen) atoms. The summed E-state index contributed by atoms with van der Waals surface area (Å²) in [6.07, 6.45) is 3.94. The van der Waals surface area contributed by atoms with Crippen molar-refractivity contribution in [3.63, 3.8) is 0 Å². The Bertz CT molecular complexity index is 1050. The first-order valence-electron chi connectivity index (χ1n) is 11.6. The molecule has 0 radical (unpaired) electrons. The van der Waals surface area contributed by atoms with E-state index >= 15 is 0 Å². The van der Waals surface area contributed by atoms with Gasteiger partial charge < -0.3 is 9.84 Å². The number of aliphatic carboxylic acids is 1. The number of hydrogen-bond donors (Lipinski definition) is 1. The van der Waals surface area contributed by atoms with Crippen LogP contribution < -0.4 is 5.56 Å². The van der Waals surface area contributed by atoms with Gasteiger partial charge in [-0.3, -0.25) is 4.79 Å². The molecule has 0 saturated heterocycles. The molecule has 2 aromatic carbocycles. The van der Waals surface area contributed by atoms with E-state index in [-0.39, 0.29) is 18.1 Å². The van der Waals surface area contributed by atoms with Gasteiger partial charge >= 0.3 is 5.97 Å². The SMILES string of the molecule is O=C(O)COC[C@H]1CC[C@H](Cn2nc(C(c3ccccc3)c3ccccc3)ccc2=O)CC1. The lowest BCUT2D eigenvalue weighted by molar-refractivity contribution is -0.142. The summed E-state index contributed by atoms with van der Waals surface area (Å²) in [7, 11) is 0. The van der Waals surface area contributed by atoms with Crippen LogP contribution in [-0.2, 0) is 16.1 Å². The van der Waals surface area contributed by atoms with Crippen LogP contribution in [0.5, 0.6) is 0 Å². The fraction of sp³-hybridized carbons (Fsp3) is 0.370. The molecule has 0 bridgehead atoms. The standard InChI is InChI=1S/C27H30N2O4/c30-25-16-15-24(27(22-7-3-1-4-8-22)23-9-5-2-6-10-23)28-29(25)17-20-11-13-21(14-12-20)18-33-19-26(31)32/h1-10,15-16,20-21,27H,11-14,17-19H2,(H,31,32)/t20-,21-. The minimum atomic E-state index is -0.932. The molecule has 1 fully saturated rings. The second kappa shape index (κ2) is 11.1. The predicted molar refractivity (Wildman–Crippen MR) is 126 cm³/mol. The van der Waals surface area contributed by atoms with E-state index in [0.29, 0.717) is 25.0 Å². The fourth-order valence-corrected chi connectivity index (χ4v) is 4.71. The molecular formula is C27H30N2O4. The molecule has 1 aliphatic rings. The van der Waals surface area contributed by atoms with E-state index in [2.05, 4.69) is 24.3 Å². The number of aromatic nitrogens is 2. The van der Waals surface area contributed by atoms with E-state index in [4.69, 9.17) is 14.9 Å². The highest BCUT2D eigenvalue weighted by Gasteiger charge is 2.24.